The molecule has 23 heavy (non-hydrogen) atoms. The number of rotatable bonds is 5. The van der Waals surface area contributed by atoms with Crippen molar-refractivity contribution in [2.75, 3.05) is 20.6 Å². The molecule has 0 aliphatic heterocycles. The van der Waals surface area contributed by atoms with Gasteiger partial charge in [-0.1, -0.05) is 0 Å². The summed E-state index contributed by atoms with van der Waals surface area (Å²) >= 11 is 1.68. The fourth-order valence-corrected chi connectivity index (χ4v) is 2.88. The van der Waals surface area contributed by atoms with Crippen molar-refractivity contribution in [3.63, 3.8) is 0 Å². The van der Waals surface area contributed by atoms with Crippen LogP contribution in [-0.2, 0) is 13.0 Å². The zero-order valence-electron chi connectivity index (χ0n) is 14.0. The van der Waals surface area contributed by atoms with E-state index in [0.717, 1.165) is 36.2 Å². The zero-order chi connectivity index (χ0) is 15.9. The monoisotopic (exact) mass is 445 g/mol. The minimum Gasteiger partial charge on any atom is -0.356 e. The lowest BCUT2D eigenvalue weighted by atomic mass is 10.1. The van der Waals surface area contributed by atoms with Crippen LogP contribution in [0.15, 0.2) is 28.8 Å². The van der Waals surface area contributed by atoms with E-state index < -0.39 is 0 Å². The minimum atomic E-state index is 0. The molecule has 2 aromatic rings. The van der Waals surface area contributed by atoms with Gasteiger partial charge in [0.2, 0.25) is 0 Å². The summed E-state index contributed by atoms with van der Waals surface area (Å²) in [5.74, 6) is 0.886. The molecule has 2 aromatic heterocycles. The number of nitrogens with zero attached hydrogens (tertiary/aromatic N) is 4. The second-order valence-electron chi connectivity index (χ2n) is 5.24. The smallest absolute Gasteiger partial charge is 0.193 e. The molecule has 126 valence electrons. The molecule has 7 heteroatoms. The molecular weight excluding hydrogens is 421 g/mol. The summed E-state index contributed by atoms with van der Waals surface area (Å²) in [6.07, 6.45) is 4.70. The van der Waals surface area contributed by atoms with Crippen LogP contribution in [0.25, 0.3) is 0 Å². The molecule has 0 radical (unpaired) electrons. The number of aliphatic imine (C=N–C) groups is 1. The summed E-state index contributed by atoms with van der Waals surface area (Å²) in [6, 6.07) is 2.07. The third-order valence-corrected chi connectivity index (χ3v) is 4.28. The SMILES string of the molecule is CN=C(NCCc1ccncc1C)N(C)Cc1csc(C)n1.I. The number of aryl methyl sites for hydroxylation is 2. The van der Waals surface area contributed by atoms with Crippen LogP contribution < -0.4 is 5.32 Å². The second kappa shape index (κ2) is 9.82. The van der Waals surface area contributed by atoms with Crippen molar-refractivity contribution in [3.8, 4) is 0 Å². The second-order valence-corrected chi connectivity index (χ2v) is 6.30. The highest BCUT2D eigenvalue weighted by Gasteiger charge is 2.08. The van der Waals surface area contributed by atoms with Gasteiger partial charge in [0.25, 0.3) is 0 Å². The highest BCUT2D eigenvalue weighted by molar-refractivity contribution is 14.0. The van der Waals surface area contributed by atoms with Gasteiger partial charge in [-0.05, 0) is 37.5 Å². The summed E-state index contributed by atoms with van der Waals surface area (Å²) < 4.78 is 0. The molecule has 0 aromatic carbocycles. The molecule has 0 unspecified atom stereocenters. The van der Waals surface area contributed by atoms with Gasteiger partial charge in [-0.2, -0.15) is 0 Å². The maximum absolute atomic E-state index is 4.49. The maximum atomic E-state index is 4.49. The molecule has 0 aliphatic rings. The van der Waals surface area contributed by atoms with Crippen LogP contribution in [0.5, 0.6) is 0 Å². The molecule has 0 amide bonds. The Hall–Kier alpha value is -1.22. The van der Waals surface area contributed by atoms with Crippen LogP contribution in [0, 0.1) is 13.8 Å². The van der Waals surface area contributed by atoms with Crippen LogP contribution >= 0.6 is 35.3 Å². The third kappa shape index (κ3) is 6.06. The standard InChI is InChI=1S/C16H23N5S.HI/c1-12-9-18-7-5-14(12)6-8-19-16(17-3)21(4)10-15-11-22-13(2)20-15;/h5,7,9,11H,6,8,10H2,1-4H3,(H,17,19);1H. The van der Waals surface area contributed by atoms with Crippen LogP contribution in [0.2, 0.25) is 0 Å². The number of halogens is 1. The van der Waals surface area contributed by atoms with Crippen LogP contribution in [0.1, 0.15) is 21.8 Å². The lowest BCUT2D eigenvalue weighted by Gasteiger charge is -2.21. The average Bonchev–Trinajstić information content (AvgIpc) is 2.90. The molecule has 0 fully saturated rings. The van der Waals surface area contributed by atoms with Gasteiger partial charge in [0.15, 0.2) is 5.96 Å². The van der Waals surface area contributed by atoms with E-state index >= 15 is 0 Å². The van der Waals surface area contributed by atoms with E-state index in [2.05, 4.69) is 43.5 Å². The Morgan fingerprint density at radius 1 is 1.39 bits per heavy atom. The highest BCUT2D eigenvalue weighted by atomic mass is 127. The van der Waals surface area contributed by atoms with Crippen LogP contribution in [-0.4, -0.2) is 41.5 Å². The first-order valence-corrected chi connectivity index (χ1v) is 8.20. The van der Waals surface area contributed by atoms with Crippen LogP contribution in [0.4, 0.5) is 0 Å². The van der Waals surface area contributed by atoms with Crippen molar-refractivity contribution in [3.05, 3.63) is 45.7 Å². The lowest BCUT2D eigenvalue weighted by Crippen LogP contribution is -2.39. The Labute approximate surface area is 159 Å². The van der Waals surface area contributed by atoms with E-state index in [-0.39, 0.29) is 24.0 Å². The summed E-state index contributed by atoms with van der Waals surface area (Å²) in [5.41, 5.74) is 3.62. The molecule has 2 rings (SSSR count). The first-order valence-electron chi connectivity index (χ1n) is 7.32. The van der Waals surface area contributed by atoms with Crippen molar-refractivity contribution >= 4 is 41.3 Å². The quantitative estimate of drug-likeness (QED) is 0.437. The number of hydrogen-bond acceptors (Lipinski definition) is 4. The Balaban J connectivity index is 0.00000264. The highest BCUT2D eigenvalue weighted by Crippen LogP contribution is 2.10. The van der Waals surface area contributed by atoms with Crippen molar-refractivity contribution in [1.29, 1.82) is 0 Å². The number of guanidine groups is 1. The van der Waals surface area contributed by atoms with Gasteiger partial charge in [-0.15, -0.1) is 35.3 Å². The summed E-state index contributed by atoms with van der Waals surface area (Å²) in [7, 11) is 3.84. The summed E-state index contributed by atoms with van der Waals surface area (Å²) in [5, 5.41) is 6.60. The first kappa shape index (κ1) is 19.8. The van der Waals surface area contributed by atoms with Gasteiger partial charge in [0.1, 0.15) is 0 Å². The lowest BCUT2D eigenvalue weighted by molar-refractivity contribution is 0.471. The molecule has 0 saturated heterocycles. The van der Waals surface area contributed by atoms with Gasteiger partial charge in [0, 0.05) is 38.4 Å². The number of pyridine rings is 1. The Morgan fingerprint density at radius 3 is 2.78 bits per heavy atom. The van der Waals surface area contributed by atoms with E-state index in [9.17, 15) is 0 Å². The largest absolute Gasteiger partial charge is 0.356 e. The van der Waals surface area contributed by atoms with E-state index in [1.165, 1.54) is 11.1 Å². The Kier molecular flexibility index (Phi) is 8.46. The van der Waals surface area contributed by atoms with E-state index in [1.807, 2.05) is 33.4 Å². The van der Waals surface area contributed by atoms with Gasteiger partial charge < -0.3 is 10.2 Å². The number of nitrogens with one attached hydrogen (secondary N) is 1. The number of hydrogen-bond donors (Lipinski definition) is 1. The molecule has 1 N–H and O–H groups in total. The molecule has 5 nitrogen and oxygen atoms in total. The van der Waals surface area contributed by atoms with E-state index in [0.29, 0.717) is 0 Å². The number of thiazole rings is 1. The minimum absolute atomic E-state index is 0. The maximum Gasteiger partial charge on any atom is 0.193 e. The fraction of sp³-hybridized carbons (Fsp3) is 0.438. The normalized spacial score (nSPS) is 11.0. The Bertz CT molecular complexity index is 641. The van der Waals surface area contributed by atoms with Crippen molar-refractivity contribution in [2.24, 2.45) is 4.99 Å². The van der Waals surface area contributed by atoms with E-state index in [4.69, 9.17) is 0 Å². The number of aromatic nitrogens is 2. The molecule has 0 spiro atoms. The van der Waals surface area contributed by atoms with Crippen LogP contribution in [0.3, 0.4) is 0 Å². The zero-order valence-corrected chi connectivity index (χ0v) is 17.2. The molecule has 0 saturated carbocycles. The van der Waals surface area contributed by atoms with Gasteiger partial charge in [-0.3, -0.25) is 9.98 Å². The summed E-state index contributed by atoms with van der Waals surface area (Å²) in [4.78, 5) is 15.0. The van der Waals surface area contributed by atoms with Crippen molar-refractivity contribution in [2.45, 2.75) is 26.8 Å². The van der Waals surface area contributed by atoms with Gasteiger partial charge in [0.05, 0.1) is 17.2 Å². The Morgan fingerprint density at radius 2 is 2.17 bits per heavy atom. The predicted molar refractivity (Wildman–Crippen MR) is 108 cm³/mol. The van der Waals surface area contributed by atoms with E-state index in [1.54, 1.807) is 11.3 Å². The topological polar surface area (TPSA) is 53.4 Å². The van der Waals surface area contributed by atoms with Gasteiger partial charge in [-0.25, -0.2) is 4.98 Å². The first-order chi connectivity index (χ1) is 10.6. The fourth-order valence-electron chi connectivity index (χ4n) is 2.28. The van der Waals surface area contributed by atoms with Crippen molar-refractivity contribution in [1.82, 2.24) is 20.2 Å². The molecule has 2 heterocycles. The van der Waals surface area contributed by atoms with Crippen molar-refractivity contribution < 1.29 is 0 Å². The molecule has 0 atom stereocenters. The molecular formula is C16H24IN5S. The summed E-state index contributed by atoms with van der Waals surface area (Å²) in [6.45, 7) is 5.72. The van der Waals surface area contributed by atoms with Gasteiger partial charge >= 0.3 is 0 Å². The third-order valence-electron chi connectivity index (χ3n) is 3.45. The predicted octanol–water partition coefficient (Wildman–Crippen LogP) is 3.02. The molecule has 0 bridgehead atoms. The molecule has 0 aliphatic carbocycles. The average molecular weight is 445 g/mol.